The van der Waals surface area contributed by atoms with E-state index in [0.29, 0.717) is 0 Å². The molecule has 0 radical (unpaired) electrons. The van der Waals surface area contributed by atoms with Crippen molar-refractivity contribution in [1.82, 2.24) is 4.90 Å². The van der Waals surface area contributed by atoms with Crippen LogP contribution in [-0.4, -0.2) is 32.7 Å². The molecule has 32 heavy (non-hydrogen) atoms. The Morgan fingerprint density at radius 3 is 2.66 bits per heavy atom. The van der Waals surface area contributed by atoms with E-state index in [-0.39, 0.29) is 40.8 Å². The highest BCUT2D eigenvalue weighted by Crippen LogP contribution is 2.40. The van der Waals surface area contributed by atoms with E-state index in [1.165, 1.54) is 6.08 Å². The van der Waals surface area contributed by atoms with Crippen molar-refractivity contribution in [1.29, 1.82) is 0 Å². The molecule has 4 rings (SSSR count). The molecule has 1 aliphatic rings. The SMILES string of the molecule is CCOc1cc([N+](=O)[O-])cc(/C=C2\SC(=O)N(Cc3cccc4ccccc34)C2=O)c1O. The van der Waals surface area contributed by atoms with Gasteiger partial charge in [0.1, 0.15) is 0 Å². The number of hydrogen-bond donors (Lipinski definition) is 1. The zero-order chi connectivity index (χ0) is 22.8. The van der Waals surface area contributed by atoms with Gasteiger partial charge >= 0.3 is 0 Å². The number of fused-ring (bicyclic) bond motifs is 1. The van der Waals surface area contributed by atoms with Crippen LogP contribution in [0.25, 0.3) is 16.8 Å². The summed E-state index contributed by atoms with van der Waals surface area (Å²) in [6, 6.07) is 15.6. The molecule has 0 unspecified atom stereocenters. The molecule has 8 nitrogen and oxygen atoms in total. The molecule has 2 amide bonds. The van der Waals surface area contributed by atoms with E-state index in [2.05, 4.69) is 0 Å². The number of thioether (sulfide) groups is 1. The summed E-state index contributed by atoms with van der Waals surface area (Å²) < 4.78 is 5.27. The molecule has 0 atom stereocenters. The maximum Gasteiger partial charge on any atom is 0.293 e. The van der Waals surface area contributed by atoms with Gasteiger partial charge in [0.05, 0.1) is 29.0 Å². The maximum atomic E-state index is 13.0. The van der Waals surface area contributed by atoms with Gasteiger partial charge in [-0.2, -0.15) is 0 Å². The van der Waals surface area contributed by atoms with Crippen molar-refractivity contribution in [2.45, 2.75) is 13.5 Å². The number of nitrogens with zero attached hydrogens (tertiary/aromatic N) is 2. The summed E-state index contributed by atoms with van der Waals surface area (Å²) >= 11 is 0.720. The van der Waals surface area contributed by atoms with E-state index in [4.69, 9.17) is 4.74 Å². The molecule has 162 valence electrons. The minimum absolute atomic E-state index is 0.0262. The average molecular weight is 450 g/mol. The number of nitro benzene ring substituents is 1. The molecule has 9 heteroatoms. The lowest BCUT2D eigenvalue weighted by Gasteiger charge is -2.14. The van der Waals surface area contributed by atoms with E-state index in [9.17, 15) is 24.8 Å². The molecule has 0 aromatic heterocycles. The largest absolute Gasteiger partial charge is 0.504 e. The number of nitro groups is 1. The van der Waals surface area contributed by atoms with Gasteiger partial charge in [-0.15, -0.1) is 0 Å². The minimum atomic E-state index is -0.619. The van der Waals surface area contributed by atoms with E-state index >= 15 is 0 Å². The van der Waals surface area contributed by atoms with Crippen molar-refractivity contribution in [3.63, 3.8) is 0 Å². The van der Waals surface area contributed by atoms with E-state index in [1.807, 2.05) is 42.5 Å². The van der Waals surface area contributed by atoms with Gasteiger partial charge in [0, 0.05) is 11.6 Å². The molecule has 0 bridgehead atoms. The number of hydrogen-bond acceptors (Lipinski definition) is 7. The number of amides is 2. The van der Waals surface area contributed by atoms with E-state index < -0.39 is 16.1 Å². The summed E-state index contributed by atoms with van der Waals surface area (Å²) in [5.74, 6) is -0.932. The highest BCUT2D eigenvalue weighted by Gasteiger charge is 2.35. The van der Waals surface area contributed by atoms with E-state index in [0.717, 1.165) is 45.1 Å². The summed E-state index contributed by atoms with van der Waals surface area (Å²) in [5.41, 5.74) is 0.550. The van der Waals surface area contributed by atoms with Crippen LogP contribution in [0.2, 0.25) is 0 Å². The number of aromatic hydroxyl groups is 1. The van der Waals surface area contributed by atoms with Crippen molar-refractivity contribution < 1.29 is 24.4 Å². The van der Waals surface area contributed by atoms with E-state index in [1.54, 1.807) is 6.92 Å². The zero-order valence-electron chi connectivity index (χ0n) is 17.0. The van der Waals surface area contributed by atoms with Crippen molar-refractivity contribution in [3.8, 4) is 11.5 Å². The van der Waals surface area contributed by atoms with Crippen LogP contribution in [-0.2, 0) is 11.3 Å². The lowest BCUT2D eigenvalue weighted by atomic mass is 10.0. The Labute approximate surface area is 187 Å². The number of phenolic OH excluding ortho intramolecular Hbond substituents is 1. The number of non-ortho nitro benzene ring substituents is 1. The molecule has 1 fully saturated rings. The topological polar surface area (TPSA) is 110 Å². The van der Waals surface area contributed by atoms with Gasteiger partial charge in [-0.25, -0.2) is 0 Å². The smallest absolute Gasteiger partial charge is 0.293 e. The first-order valence-corrected chi connectivity index (χ1v) is 10.6. The first-order chi connectivity index (χ1) is 15.4. The molecule has 0 saturated carbocycles. The fourth-order valence-corrected chi connectivity index (χ4v) is 4.30. The Kier molecular flexibility index (Phi) is 5.83. The predicted octanol–water partition coefficient (Wildman–Crippen LogP) is 5.09. The molecule has 3 aromatic carbocycles. The number of ether oxygens (including phenoxy) is 1. The third-order valence-electron chi connectivity index (χ3n) is 4.97. The van der Waals surface area contributed by atoms with Gasteiger partial charge in [0.2, 0.25) is 0 Å². The van der Waals surface area contributed by atoms with Gasteiger partial charge < -0.3 is 9.84 Å². The Hall–Kier alpha value is -3.85. The Balaban J connectivity index is 1.68. The number of carbonyl (C=O) groups excluding carboxylic acids is 2. The first-order valence-electron chi connectivity index (χ1n) is 9.75. The van der Waals surface area contributed by atoms with Crippen LogP contribution in [0.5, 0.6) is 11.5 Å². The Bertz CT molecular complexity index is 1280. The molecule has 0 spiro atoms. The van der Waals surface area contributed by atoms with Crippen LogP contribution in [0, 0.1) is 10.1 Å². The highest BCUT2D eigenvalue weighted by molar-refractivity contribution is 8.18. The lowest BCUT2D eigenvalue weighted by Crippen LogP contribution is -2.27. The number of benzene rings is 3. The number of imide groups is 1. The molecule has 1 saturated heterocycles. The summed E-state index contributed by atoms with van der Waals surface area (Å²) in [4.78, 5) is 37.4. The van der Waals surface area contributed by atoms with Gasteiger partial charge in [0.15, 0.2) is 11.5 Å². The molecule has 1 heterocycles. The van der Waals surface area contributed by atoms with Gasteiger partial charge in [-0.05, 0) is 41.1 Å². The maximum absolute atomic E-state index is 13.0. The van der Waals surface area contributed by atoms with Crippen LogP contribution in [0.1, 0.15) is 18.1 Å². The predicted molar refractivity (Wildman–Crippen MR) is 121 cm³/mol. The summed E-state index contributed by atoms with van der Waals surface area (Å²) in [7, 11) is 0. The number of rotatable bonds is 6. The van der Waals surface area contributed by atoms with Crippen LogP contribution in [0.4, 0.5) is 10.5 Å². The minimum Gasteiger partial charge on any atom is -0.504 e. The number of carbonyl (C=O) groups is 2. The third kappa shape index (κ3) is 4.02. The molecule has 1 aliphatic heterocycles. The number of phenols is 1. The summed E-state index contributed by atoms with van der Waals surface area (Å²) in [6.45, 7) is 1.96. The van der Waals surface area contributed by atoms with Crippen LogP contribution in [0.15, 0.2) is 59.5 Å². The second-order valence-electron chi connectivity index (χ2n) is 6.98. The second-order valence-corrected chi connectivity index (χ2v) is 7.97. The van der Waals surface area contributed by atoms with Crippen molar-refractivity contribution in [3.05, 3.63) is 80.7 Å². The Morgan fingerprint density at radius 2 is 1.91 bits per heavy atom. The standard InChI is InChI=1S/C23H18N2O6S/c1-2-31-19-12-17(25(29)30)10-16(21(19)26)11-20-22(27)24(23(28)32-20)13-15-8-5-7-14-6-3-4-9-18(14)15/h3-12,26H,2,13H2,1H3/b20-11-. The highest BCUT2D eigenvalue weighted by atomic mass is 32.2. The zero-order valence-corrected chi connectivity index (χ0v) is 17.8. The first kappa shape index (κ1) is 21.4. The quantitative estimate of drug-likeness (QED) is 0.316. The van der Waals surface area contributed by atoms with Gasteiger partial charge in [-0.1, -0.05) is 42.5 Å². The fourth-order valence-electron chi connectivity index (χ4n) is 3.47. The monoisotopic (exact) mass is 450 g/mol. The summed E-state index contributed by atoms with van der Waals surface area (Å²) in [5, 5.41) is 23.2. The lowest BCUT2D eigenvalue weighted by molar-refractivity contribution is -0.385. The second kappa shape index (κ2) is 8.72. The van der Waals surface area contributed by atoms with Crippen LogP contribution < -0.4 is 4.74 Å². The third-order valence-corrected chi connectivity index (χ3v) is 5.88. The van der Waals surface area contributed by atoms with Crippen LogP contribution in [0.3, 0.4) is 0 Å². The van der Waals surface area contributed by atoms with Crippen molar-refractivity contribution in [2.24, 2.45) is 0 Å². The van der Waals surface area contributed by atoms with Crippen molar-refractivity contribution >= 4 is 45.4 Å². The van der Waals surface area contributed by atoms with Gasteiger partial charge in [0.25, 0.3) is 16.8 Å². The van der Waals surface area contributed by atoms with Crippen LogP contribution >= 0.6 is 11.8 Å². The molecular weight excluding hydrogens is 432 g/mol. The molecule has 1 N–H and O–H groups in total. The molecule has 3 aromatic rings. The fraction of sp³-hybridized carbons (Fsp3) is 0.130. The van der Waals surface area contributed by atoms with Crippen molar-refractivity contribution in [2.75, 3.05) is 6.61 Å². The van der Waals surface area contributed by atoms with Gasteiger partial charge in [-0.3, -0.25) is 24.6 Å². The molecular formula is C23H18N2O6S. The Morgan fingerprint density at radius 1 is 1.16 bits per heavy atom. The molecule has 0 aliphatic carbocycles. The average Bonchev–Trinajstić information content (AvgIpc) is 3.04. The normalized spacial score (nSPS) is 15.0. The summed E-state index contributed by atoms with van der Waals surface area (Å²) in [6.07, 6.45) is 1.28.